The number of fused-ring (bicyclic) bond motifs is 4. The Kier molecular flexibility index (Phi) is 15.8. The topological polar surface area (TPSA) is 196 Å². The van der Waals surface area contributed by atoms with Gasteiger partial charge in [-0.15, -0.1) is 0 Å². The molecule has 2 aromatic carbocycles. The summed E-state index contributed by atoms with van der Waals surface area (Å²) < 4.78 is 26.8. The lowest BCUT2D eigenvalue weighted by Crippen LogP contribution is -2.51. The number of benzene rings is 2. The summed E-state index contributed by atoms with van der Waals surface area (Å²) in [7, 11) is 0. The van der Waals surface area contributed by atoms with E-state index in [2.05, 4.69) is 48.1 Å². The first kappa shape index (κ1) is 49.5. The summed E-state index contributed by atoms with van der Waals surface area (Å²) in [6.45, 7) is 15.2. The molecule has 4 aliphatic rings. The van der Waals surface area contributed by atoms with Crippen LogP contribution in [0.1, 0.15) is 97.4 Å². The Labute approximate surface area is 396 Å². The molecule has 0 bridgehead atoms. The third-order valence-electron chi connectivity index (χ3n) is 13.2. The van der Waals surface area contributed by atoms with Crippen LogP contribution in [0.25, 0.3) is 21.8 Å². The SMILES string of the molecule is CCn1cc(C(=O)N2C[C@@H](C)OC[C@H]2C)c(=O)c2cc(OC3Cc4ccccc4C3)ncc21.CCn1cc(C(=O)O)c(=O)c2cc(OC3Cc4ccccc4C3)ncc21.C[C@H]1CC[C@@H](C)OC1.O. The molecule has 2 saturated heterocycles. The molecule has 68 heavy (non-hydrogen) atoms. The van der Waals surface area contributed by atoms with Crippen LogP contribution in [-0.4, -0.2) is 96.7 Å². The Hall–Kier alpha value is -6.42. The van der Waals surface area contributed by atoms with Crippen LogP contribution in [0.3, 0.4) is 0 Å². The predicted octanol–water partition coefficient (Wildman–Crippen LogP) is 6.87. The number of hydrogen-bond donors (Lipinski definition) is 1. The number of amides is 1. The van der Waals surface area contributed by atoms with Crippen molar-refractivity contribution in [2.75, 3.05) is 19.8 Å². The van der Waals surface area contributed by atoms with Crippen LogP contribution in [0.2, 0.25) is 0 Å². The smallest absolute Gasteiger partial charge is 0.341 e. The van der Waals surface area contributed by atoms with Crippen molar-refractivity contribution in [3.05, 3.63) is 139 Å². The number of pyridine rings is 4. The van der Waals surface area contributed by atoms with Crippen LogP contribution in [0.5, 0.6) is 11.8 Å². The quantitative estimate of drug-likeness (QED) is 0.167. The number of carboxylic acids is 1. The number of nitrogens with zero attached hydrogens (tertiary/aromatic N) is 5. The summed E-state index contributed by atoms with van der Waals surface area (Å²) >= 11 is 0. The van der Waals surface area contributed by atoms with Crippen LogP contribution in [0.4, 0.5) is 0 Å². The standard InChI is InChI=1S/C26H29N3O4.C20H18N2O4.C7H14O.H2O/c1-4-28-14-22(26(31)29-13-17(3)32-15-16(29)2)25(30)21-11-24(27-12-23(21)28)33-20-9-18-7-5-6-8-19(18)10-20;1-2-22-11-16(20(24)25)19(23)15-9-18(21-10-17(15)22)26-14-7-12-5-3-4-6-13(12)8-14;1-6-3-4-7(2)8-5-6;/h5-8,11-12,14,16-17,20H,4,9-10,13,15H2,1-3H3;3-6,9-11,14H,2,7-8H2,1H3,(H,24,25);6-7H,3-5H2,1-2H3;1H2/t16-,17-;;6-,7+;/m1.0./s1. The Morgan fingerprint density at radius 2 is 1.13 bits per heavy atom. The van der Waals surface area contributed by atoms with Gasteiger partial charge >= 0.3 is 5.97 Å². The molecule has 0 spiro atoms. The first-order valence-corrected chi connectivity index (χ1v) is 23.6. The molecule has 15 heteroatoms. The number of ether oxygens (including phenoxy) is 4. The number of carbonyl (C=O) groups excluding carboxylic acids is 1. The molecule has 1 amide bonds. The number of carbonyl (C=O) groups is 2. The van der Waals surface area contributed by atoms with Gasteiger partial charge in [0.1, 0.15) is 23.3 Å². The summed E-state index contributed by atoms with van der Waals surface area (Å²) in [4.78, 5) is 61.3. The van der Waals surface area contributed by atoms with Crippen molar-refractivity contribution < 1.29 is 39.1 Å². The zero-order valence-electron chi connectivity index (χ0n) is 39.8. The zero-order chi connectivity index (χ0) is 47.4. The molecule has 0 radical (unpaired) electrons. The summed E-state index contributed by atoms with van der Waals surface area (Å²) in [6.07, 6.45) is 12.5. The number of hydrogen-bond acceptors (Lipinski definition) is 10. The van der Waals surface area contributed by atoms with Crippen LogP contribution >= 0.6 is 0 Å². The van der Waals surface area contributed by atoms with Crippen LogP contribution in [0.15, 0.2) is 95.0 Å². The third-order valence-corrected chi connectivity index (χ3v) is 13.2. The maximum absolute atomic E-state index is 13.5. The fourth-order valence-electron chi connectivity index (χ4n) is 9.40. The van der Waals surface area contributed by atoms with Crippen molar-refractivity contribution in [1.29, 1.82) is 0 Å². The monoisotopic (exact) mass is 929 g/mol. The Morgan fingerprint density at radius 1 is 0.676 bits per heavy atom. The van der Waals surface area contributed by atoms with E-state index in [1.54, 1.807) is 40.2 Å². The average molecular weight is 930 g/mol. The molecule has 4 aromatic heterocycles. The van der Waals surface area contributed by atoms with Gasteiger partial charge in [0.15, 0.2) is 0 Å². The summed E-state index contributed by atoms with van der Waals surface area (Å²) in [6, 6.07) is 19.7. The van der Waals surface area contributed by atoms with Gasteiger partial charge < -0.3 is 43.6 Å². The van der Waals surface area contributed by atoms with Crippen molar-refractivity contribution in [1.82, 2.24) is 24.0 Å². The van der Waals surface area contributed by atoms with Crippen molar-refractivity contribution >= 4 is 33.7 Å². The molecule has 0 unspecified atom stereocenters. The van der Waals surface area contributed by atoms with E-state index in [-0.39, 0.29) is 52.3 Å². The second-order valence-corrected chi connectivity index (χ2v) is 18.3. The molecule has 360 valence electrons. The molecule has 3 N–H and O–H groups in total. The molecular formula is C53H63N5O10. The van der Waals surface area contributed by atoms with Gasteiger partial charge in [0.05, 0.1) is 59.1 Å². The molecule has 4 atom stereocenters. The van der Waals surface area contributed by atoms with E-state index in [1.807, 2.05) is 56.5 Å². The Balaban J connectivity index is 0.000000174. The Bertz CT molecular complexity index is 2830. The fraction of sp³-hybridized carbons (Fsp3) is 0.434. The van der Waals surface area contributed by atoms with Gasteiger partial charge in [-0.25, -0.2) is 14.8 Å². The average Bonchev–Trinajstić information content (AvgIpc) is 3.94. The number of aryl methyl sites for hydroxylation is 2. The van der Waals surface area contributed by atoms with Gasteiger partial charge in [0.2, 0.25) is 22.6 Å². The van der Waals surface area contributed by atoms with Gasteiger partial charge in [0.25, 0.3) is 5.91 Å². The van der Waals surface area contributed by atoms with Crippen LogP contribution in [0, 0.1) is 5.92 Å². The summed E-state index contributed by atoms with van der Waals surface area (Å²) in [5.74, 6) is 0.0729. The van der Waals surface area contributed by atoms with E-state index in [0.717, 1.165) is 38.2 Å². The maximum atomic E-state index is 13.5. The fourth-order valence-corrected chi connectivity index (χ4v) is 9.40. The van der Waals surface area contributed by atoms with E-state index in [9.17, 15) is 24.3 Å². The third kappa shape index (κ3) is 11.0. The molecule has 0 saturated carbocycles. The minimum Gasteiger partial charge on any atom is -0.477 e. The highest BCUT2D eigenvalue weighted by Gasteiger charge is 2.31. The lowest BCUT2D eigenvalue weighted by Gasteiger charge is -2.36. The van der Waals surface area contributed by atoms with Gasteiger partial charge in [-0.2, -0.15) is 0 Å². The molecule has 6 heterocycles. The zero-order valence-corrected chi connectivity index (χ0v) is 39.8. The summed E-state index contributed by atoms with van der Waals surface area (Å²) in [5, 5.41) is 10.1. The predicted molar refractivity (Wildman–Crippen MR) is 260 cm³/mol. The Morgan fingerprint density at radius 3 is 1.56 bits per heavy atom. The normalized spacial score (nSPS) is 20.0. The van der Waals surface area contributed by atoms with E-state index < -0.39 is 11.4 Å². The minimum absolute atomic E-state index is 0. The number of aromatic carboxylic acids is 1. The van der Waals surface area contributed by atoms with E-state index >= 15 is 0 Å². The van der Waals surface area contributed by atoms with Gasteiger partial charge in [-0.1, -0.05) is 55.5 Å². The van der Waals surface area contributed by atoms with Crippen LogP contribution < -0.4 is 20.3 Å². The second-order valence-electron chi connectivity index (χ2n) is 18.3. The molecule has 2 fully saturated rings. The van der Waals surface area contributed by atoms with Crippen molar-refractivity contribution in [3.8, 4) is 11.8 Å². The van der Waals surface area contributed by atoms with Gasteiger partial charge in [-0.3, -0.25) is 14.4 Å². The van der Waals surface area contributed by atoms with E-state index in [1.165, 1.54) is 41.3 Å². The molecule has 6 aromatic rings. The maximum Gasteiger partial charge on any atom is 0.341 e. The lowest BCUT2D eigenvalue weighted by molar-refractivity contribution is -0.0387. The first-order valence-electron chi connectivity index (χ1n) is 23.6. The first-order chi connectivity index (χ1) is 32.3. The van der Waals surface area contributed by atoms with Crippen molar-refractivity contribution in [3.63, 3.8) is 0 Å². The molecule has 15 nitrogen and oxygen atoms in total. The second kappa shape index (κ2) is 21.7. The molecule has 10 rings (SSSR count). The minimum atomic E-state index is -1.23. The van der Waals surface area contributed by atoms with Gasteiger partial charge in [-0.05, 0) is 75.6 Å². The number of aromatic nitrogens is 4. The lowest BCUT2D eigenvalue weighted by atomic mass is 10.0. The number of carboxylic acid groups (broad SMARTS) is 1. The van der Waals surface area contributed by atoms with Crippen LogP contribution in [-0.2, 0) is 48.2 Å². The number of morpholine rings is 1. The van der Waals surface area contributed by atoms with Crippen molar-refractivity contribution in [2.24, 2.45) is 5.92 Å². The largest absolute Gasteiger partial charge is 0.477 e. The van der Waals surface area contributed by atoms with Gasteiger partial charge in [0, 0.05) is 76.5 Å². The highest BCUT2D eigenvalue weighted by atomic mass is 16.5. The number of rotatable bonds is 8. The van der Waals surface area contributed by atoms with E-state index in [4.69, 9.17) is 18.9 Å². The highest BCUT2D eigenvalue weighted by molar-refractivity contribution is 5.97. The van der Waals surface area contributed by atoms with E-state index in [0.29, 0.717) is 65.9 Å². The summed E-state index contributed by atoms with van der Waals surface area (Å²) in [5.41, 5.74) is 5.54. The molecule has 2 aliphatic carbocycles. The molecule has 2 aliphatic heterocycles. The highest BCUT2D eigenvalue weighted by Crippen LogP contribution is 2.28. The molecular weight excluding hydrogens is 867 g/mol. The van der Waals surface area contributed by atoms with Crippen molar-refractivity contribution in [2.45, 2.75) is 124 Å².